The predicted octanol–water partition coefficient (Wildman–Crippen LogP) is 2.91. The highest BCUT2D eigenvalue weighted by atomic mass is 16.6. The minimum Gasteiger partial charge on any atom is -0.377 e. The standard InChI is InChI=1S/C12H15NO3/c14-13(15)12-3-1-2-11(8-12)9-16-7-6-10-4-5-10/h1-3,8,10H,4-7,9H2. The summed E-state index contributed by atoms with van der Waals surface area (Å²) in [6.07, 6.45) is 3.79. The highest BCUT2D eigenvalue weighted by molar-refractivity contribution is 5.33. The van der Waals surface area contributed by atoms with Crippen LogP contribution in [-0.4, -0.2) is 11.5 Å². The van der Waals surface area contributed by atoms with Crippen molar-refractivity contribution in [2.24, 2.45) is 5.92 Å². The van der Waals surface area contributed by atoms with Crippen molar-refractivity contribution in [3.05, 3.63) is 39.9 Å². The first-order valence-electron chi connectivity index (χ1n) is 5.57. The highest BCUT2D eigenvalue weighted by Gasteiger charge is 2.20. The van der Waals surface area contributed by atoms with Crippen molar-refractivity contribution in [2.45, 2.75) is 25.9 Å². The summed E-state index contributed by atoms with van der Waals surface area (Å²) in [7, 11) is 0. The Labute approximate surface area is 94.4 Å². The third-order valence-electron chi connectivity index (χ3n) is 2.76. The van der Waals surface area contributed by atoms with Gasteiger partial charge >= 0.3 is 0 Å². The quantitative estimate of drug-likeness (QED) is 0.421. The molecule has 0 N–H and O–H groups in total. The van der Waals surface area contributed by atoms with E-state index in [0.717, 1.165) is 24.5 Å². The van der Waals surface area contributed by atoms with Gasteiger partial charge in [-0.3, -0.25) is 10.1 Å². The third kappa shape index (κ3) is 3.31. The Bertz CT molecular complexity index is 374. The molecule has 0 bridgehead atoms. The summed E-state index contributed by atoms with van der Waals surface area (Å²) in [6.45, 7) is 1.22. The summed E-state index contributed by atoms with van der Waals surface area (Å²) >= 11 is 0. The number of nitrogens with zero attached hydrogens (tertiary/aromatic N) is 1. The van der Waals surface area contributed by atoms with Gasteiger partial charge in [0.25, 0.3) is 5.69 Å². The van der Waals surface area contributed by atoms with E-state index in [0.29, 0.717) is 6.61 Å². The molecule has 0 amide bonds. The number of hydrogen-bond donors (Lipinski definition) is 0. The molecule has 0 radical (unpaired) electrons. The Balaban J connectivity index is 1.78. The smallest absolute Gasteiger partial charge is 0.269 e. The molecule has 0 saturated heterocycles. The molecule has 1 aliphatic carbocycles. The second-order valence-electron chi connectivity index (χ2n) is 4.21. The minimum absolute atomic E-state index is 0.128. The molecule has 0 spiro atoms. The van der Waals surface area contributed by atoms with Gasteiger partial charge in [0.1, 0.15) is 0 Å². The number of hydrogen-bond acceptors (Lipinski definition) is 3. The zero-order valence-electron chi connectivity index (χ0n) is 9.09. The Morgan fingerprint density at radius 2 is 2.25 bits per heavy atom. The summed E-state index contributed by atoms with van der Waals surface area (Å²) in [5.74, 6) is 0.866. The van der Waals surface area contributed by atoms with Crippen molar-refractivity contribution >= 4 is 5.69 Å². The molecule has 1 aromatic carbocycles. The lowest BCUT2D eigenvalue weighted by molar-refractivity contribution is -0.384. The van der Waals surface area contributed by atoms with E-state index in [2.05, 4.69) is 0 Å². The zero-order valence-corrected chi connectivity index (χ0v) is 9.09. The van der Waals surface area contributed by atoms with Crippen molar-refractivity contribution in [2.75, 3.05) is 6.61 Å². The largest absolute Gasteiger partial charge is 0.377 e. The number of non-ortho nitro benzene ring substituents is 1. The molecule has 1 fully saturated rings. The first-order valence-corrected chi connectivity index (χ1v) is 5.57. The van der Waals surface area contributed by atoms with Crippen LogP contribution in [0.1, 0.15) is 24.8 Å². The van der Waals surface area contributed by atoms with E-state index in [4.69, 9.17) is 4.74 Å². The molecule has 1 aliphatic rings. The fourth-order valence-electron chi connectivity index (χ4n) is 1.61. The molecule has 0 aliphatic heterocycles. The number of ether oxygens (including phenoxy) is 1. The molecular formula is C12H15NO3. The maximum Gasteiger partial charge on any atom is 0.269 e. The number of benzene rings is 1. The van der Waals surface area contributed by atoms with Crippen LogP contribution in [0.15, 0.2) is 24.3 Å². The van der Waals surface area contributed by atoms with Crippen LogP contribution in [0.4, 0.5) is 5.69 Å². The molecule has 0 atom stereocenters. The maximum absolute atomic E-state index is 10.5. The van der Waals surface area contributed by atoms with Crippen molar-refractivity contribution in [3.63, 3.8) is 0 Å². The average Bonchev–Trinajstić information content (AvgIpc) is 3.09. The second-order valence-corrected chi connectivity index (χ2v) is 4.21. The fraction of sp³-hybridized carbons (Fsp3) is 0.500. The van der Waals surface area contributed by atoms with Crippen LogP contribution in [0, 0.1) is 16.0 Å². The molecule has 4 heteroatoms. The summed E-state index contributed by atoms with van der Waals surface area (Å²) < 4.78 is 5.48. The van der Waals surface area contributed by atoms with Crippen LogP contribution < -0.4 is 0 Å². The van der Waals surface area contributed by atoms with Crippen molar-refractivity contribution in [1.29, 1.82) is 0 Å². The molecule has 86 valence electrons. The number of nitro benzene ring substituents is 1. The molecule has 2 rings (SSSR count). The van der Waals surface area contributed by atoms with E-state index in [-0.39, 0.29) is 10.6 Å². The first-order chi connectivity index (χ1) is 7.75. The van der Waals surface area contributed by atoms with E-state index in [1.165, 1.54) is 18.9 Å². The lowest BCUT2D eigenvalue weighted by Gasteiger charge is -2.03. The normalized spacial score (nSPS) is 15.0. The van der Waals surface area contributed by atoms with Crippen molar-refractivity contribution < 1.29 is 9.66 Å². The summed E-state index contributed by atoms with van der Waals surface area (Å²) in [6, 6.07) is 6.60. The molecule has 0 heterocycles. The fourth-order valence-corrected chi connectivity index (χ4v) is 1.61. The molecule has 4 nitrogen and oxygen atoms in total. The van der Waals surface area contributed by atoms with Gasteiger partial charge in [-0.2, -0.15) is 0 Å². The average molecular weight is 221 g/mol. The van der Waals surface area contributed by atoms with Crippen molar-refractivity contribution in [3.8, 4) is 0 Å². The molecule has 1 saturated carbocycles. The van der Waals surface area contributed by atoms with E-state index in [1.807, 2.05) is 6.07 Å². The van der Waals surface area contributed by atoms with Crippen LogP contribution in [0.25, 0.3) is 0 Å². The van der Waals surface area contributed by atoms with Gasteiger partial charge < -0.3 is 4.74 Å². The molecular weight excluding hydrogens is 206 g/mol. The molecule has 0 aromatic heterocycles. The Morgan fingerprint density at radius 1 is 1.44 bits per heavy atom. The molecule has 16 heavy (non-hydrogen) atoms. The van der Waals surface area contributed by atoms with Crippen LogP contribution in [0.2, 0.25) is 0 Å². The van der Waals surface area contributed by atoms with Gasteiger partial charge in [-0.15, -0.1) is 0 Å². The Hall–Kier alpha value is -1.42. The van der Waals surface area contributed by atoms with Crippen LogP contribution in [0.3, 0.4) is 0 Å². The van der Waals surface area contributed by atoms with Gasteiger partial charge in [-0.05, 0) is 17.9 Å². The minimum atomic E-state index is -0.381. The van der Waals surface area contributed by atoms with E-state index >= 15 is 0 Å². The van der Waals surface area contributed by atoms with Gasteiger partial charge in [-0.25, -0.2) is 0 Å². The first kappa shape index (κ1) is 11.1. The lowest BCUT2D eigenvalue weighted by Crippen LogP contribution is -1.97. The SMILES string of the molecule is O=[N+]([O-])c1cccc(COCCC2CC2)c1. The van der Waals surface area contributed by atoms with Crippen LogP contribution in [0.5, 0.6) is 0 Å². The van der Waals surface area contributed by atoms with Gasteiger partial charge in [0.2, 0.25) is 0 Å². The second kappa shape index (κ2) is 5.07. The van der Waals surface area contributed by atoms with Gasteiger partial charge in [0.15, 0.2) is 0 Å². The predicted molar refractivity (Wildman–Crippen MR) is 60.1 cm³/mol. The molecule has 1 aromatic rings. The van der Waals surface area contributed by atoms with E-state index in [1.54, 1.807) is 12.1 Å². The lowest BCUT2D eigenvalue weighted by atomic mass is 10.2. The third-order valence-corrected chi connectivity index (χ3v) is 2.76. The Morgan fingerprint density at radius 3 is 2.94 bits per heavy atom. The van der Waals surface area contributed by atoms with E-state index < -0.39 is 0 Å². The van der Waals surface area contributed by atoms with E-state index in [9.17, 15) is 10.1 Å². The number of rotatable bonds is 6. The van der Waals surface area contributed by atoms with Crippen LogP contribution in [-0.2, 0) is 11.3 Å². The van der Waals surface area contributed by atoms with Gasteiger partial charge in [0.05, 0.1) is 11.5 Å². The van der Waals surface area contributed by atoms with Gasteiger partial charge in [-0.1, -0.05) is 25.0 Å². The molecule has 0 unspecified atom stereocenters. The monoisotopic (exact) mass is 221 g/mol. The Kier molecular flexibility index (Phi) is 3.51. The number of nitro groups is 1. The maximum atomic E-state index is 10.5. The van der Waals surface area contributed by atoms with Crippen molar-refractivity contribution in [1.82, 2.24) is 0 Å². The zero-order chi connectivity index (χ0) is 11.4. The highest BCUT2D eigenvalue weighted by Crippen LogP contribution is 2.32. The topological polar surface area (TPSA) is 52.4 Å². The van der Waals surface area contributed by atoms with Gasteiger partial charge in [0, 0.05) is 18.7 Å². The summed E-state index contributed by atoms with van der Waals surface area (Å²) in [5, 5.41) is 10.5. The summed E-state index contributed by atoms with van der Waals surface area (Å²) in [4.78, 5) is 10.2. The van der Waals surface area contributed by atoms with Crippen LogP contribution >= 0.6 is 0 Å². The summed E-state index contributed by atoms with van der Waals surface area (Å²) in [5.41, 5.74) is 0.994.